The number of aryl methyl sites for hydroxylation is 1. The van der Waals surface area contributed by atoms with Crippen molar-refractivity contribution in [2.45, 2.75) is 39.2 Å². The van der Waals surface area contributed by atoms with Crippen LogP contribution >= 0.6 is 0 Å². The minimum absolute atomic E-state index is 0.0171. The van der Waals surface area contributed by atoms with Gasteiger partial charge in [-0.05, 0) is 25.8 Å². The van der Waals surface area contributed by atoms with Gasteiger partial charge in [0.25, 0.3) is 11.6 Å². The largest absolute Gasteiger partial charge is 0.334 e. The van der Waals surface area contributed by atoms with Crippen molar-refractivity contribution in [2.75, 3.05) is 0 Å². The highest BCUT2D eigenvalue weighted by atomic mass is 16.6. The molecule has 0 bridgehead atoms. The average molecular weight is 275 g/mol. The SMILES string of the molecule is CCC(C#N)(CC)NC(=O)c1cccc(C)c1[N+](=O)[O-]. The molecule has 0 saturated heterocycles. The fourth-order valence-electron chi connectivity index (χ4n) is 1.98. The van der Waals surface area contributed by atoms with Gasteiger partial charge in [0.2, 0.25) is 0 Å². The highest BCUT2D eigenvalue weighted by Crippen LogP contribution is 2.24. The second kappa shape index (κ2) is 6.15. The standard InChI is InChI=1S/C14H17N3O3/c1-4-14(5-2,9-15)16-13(18)11-8-6-7-10(3)12(11)17(19)20/h6-8H,4-5H2,1-3H3,(H,16,18). The summed E-state index contributed by atoms with van der Waals surface area (Å²) in [4.78, 5) is 22.8. The summed E-state index contributed by atoms with van der Waals surface area (Å²) >= 11 is 0. The van der Waals surface area contributed by atoms with Gasteiger partial charge in [-0.15, -0.1) is 0 Å². The van der Waals surface area contributed by atoms with Crippen LogP contribution in [0.5, 0.6) is 0 Å². The first kappa shape index (κ1) is 15.6. The molecule has 0 aliphatic carbocycles. The summed E-state index contributed by atoms with van der Waals surface area (Å²) in [6, 6.07) is 6.64. The molecule has 1 amide bonds. The Hall–Kier alpha value is -2.42. The van der Waals surface area contributed by atoms with E-state index in [0.29, 0.717) is 18.4 Å². The molecule has 0 aromatic heterocycles. The highest BCUT2D eigenvalue weighted by molar-refractivity contribution is 5.99. The molecule has 1 N–H and O–H groups in total. The number of para-hydroxylation sites is 1. The summed E-state index contributed by atoms with van der Waals surface area (Å²) in [7, 11) is 0. The Bertz CT molecular complexity index is 572. The van der Waals surface area contributed by atoms with Crippen LogP contribution in [-0.4, -0.2) is 16.4 Å². The van der Waals surface area contributed by atoms with E-state index in [2.05, 4.69) is 11.4 Å². The predicted octanol–water partition coefficient (Wildman–Crippen LogP) is 2.72. The van der Waals surface area contributed by atoms with E-state index in [0.717, 1.165) is 0 Å². The smallest absolute Gasteiger partial charge is 0.285 e. The Morgan fingerprint density at radius 1 is 1.45 bits per heavy atom. The molecule has 0 radical (unpaired) electrons. The van der Waals surface area contributed by atoms with Gasteiger partial charge in [-0.3, -0.25) is 14.9 Å². The molecular weight excluding hydrogens is 258 g/mol. The molecule has 0 heterocycles. The van der Waals surface area contributed by atoms with Gasteiger partial charge in [-0.2, -0.15) is 5.26 Å². The molecule has 1 aromatic carbocycles. The maximum absolute atomic E-state index is 12.2. The topological polar surface area (TPSA) is 96.0 Å². The van der Waals surface area contributed by atoms with E-state index in [4.69, 9.17) is 0 Å². The van der Waals surface area contributed by atoms with Gasteiger partial charge in [0.05, 0.1) is 11.0 Å². The van der Waals surface area contributed by atoms with Gasteiger partial charge in [0.1, 0.15) is 11.1 Å². The zero-order chi connectivity index (χ0) is 15.3. The van der Waals surface area contributed by atoms with Crippen molar-refractivity contribution in [3.05, 3.63) is 39.4 Å². The van der Waals surface area contributed by atoms with Crippen molar-refractivity contribution in [2.24, 2.45) is 0 Å². The molecule has 6 heteroatoms. The van der Waals surface area contributed by atoms with Crippen molar-refractivity contribution >= 4 is 11.6 Å². The van der Waals surface area contributed by atoms with E-state index in [-0.39, 0.29) is 11.3 Å². The van der Waals surface area contributed by atoms with Crippen LogP contribution in [0.1, 0.15) is 42.6 Å². The van der Waals surface area contributed by atoms with E-state index in [9.17, 15) is 20.2 Å². The lowest BCUT2D eigenvalue weighted by Crippen LogP contribution is -2.46. The van der Waals surface area contributed by atoms with Crippen molar-refractivity contribution in [3.8, 4) is 6.07 Å². The van der Waals surface area contributed by atoms with Crippen LogP contribution in [0.4, 0.5) is 5.69 Å². The predicted molar refractivity (Wildman–Crippen MR) is 74.2 cm³/mol. The summed E-state index contributed by atoms with van der Waals surface area (Å²) in [6.07, 6.45) is 0.872. The van der Waals surface area contributed by atoms with Crippen molar-refractivity contribution in [1.82, 2.24) is 5.32 Å². The minimum atomic E-state index is -0.991. The van der Waals surface area contributed by atoms with Crippen molar-refractivity contribution in [1.29, 1.82) is 5.26 Å². The average Bonchev–Trinajstić information content (AvgIpc) is 2.44. The van der Waals surface area contributed by atoms with Crippen LogP contribution in [0, 0.1) is 28.4 Å². The van der Waals surface area contributed by atoms with Gasteiger partial charge in [0, 0.05) is 5.56 Å². The maximum Gasteiger partial charge on any atom is 0.285 e. The molecule has 0 spiro atoms. The van der Waals surface area contributed by atoms with Crippen molar-refractivity contribution < 1.29 is 9.72 Å². The second-order valence-corrected chi connectivity index (χ2v) is 4.58. The molecule has 106 valence electrons. The Labute approximate surface area is 117 Å². The van der Waals surface area contributed by atoms with Crippen LogP contribution in [0.3, 0.4) is 0 Å². The number of carbonyl (C=O) groups excluding carboxylic acids is 1. The van der Waals surface area contributed by atoms with Crippen LogP contribution in [-0.2, 0) is 0 Å². The highest BCUT2D eigenvalue weighted by Gasteiger charge is 2.31. The van der Waals surface area contributed by atoms with Gasteiger partial charge in [-0.25, -0.2) is 0 Å². The zero-order valence-corrected chi connectivity index (χ0v) is 11.8. The number of nitrogens with one attached hydrogen (secondary N) is 1. The van der Waals surface area contributed by atoms with E-state index >= 15 is 0 Å². The maximum atomic E-state index is 12.2. The van der Waals surface area contributed by atoms with Crippen LogP contribution < -0.4 is 5.32 Å². The molecular formula is C14H17N3O3. The summed E-state index contributed by atoms with van der Waals surface area (Å²) in [5, 5.41) is 22.9. The van der Waals surface area contributed by atoms with Crippen molar-refractivity contribution in [3.63, 3.8) is 0 Å². The summed E-state index contributed by atoms with van der Waals surface area (Å²) in [5.74, 6) is -0.592. The molecule has 1 aromatic rings. The molecule has 0 atom stereocenters. The Morgan fingerprint density at radius 3 is 2.50 bits per heavy atom. The molecule has 1 rings (SSSR count). The quantitative estimate of drug-likeness (QED) is 0.660. The molecule has 0 saturated carbocycles. The van der Waals surface area contributed by atoms with E-state index in [1.807, 2.05) is 0 Å². The Balaban J connectivity index is 3.21. The van der Waals surface area contributed by atoms with Gasteiger partial charge >= 0.3 is 0 Å². The first-order valence-electron chi connectivity index (χ1n) is 6.38. The number of amides is 1. The number of nitriles is 1. The van der Waals surface area contributed by atoms with Crippen LogP contribution in [0.2, 0.25) is 0 Å². The monoisotopic (exact) mass is 275 g/mol. The summed E-state index contributed by atoms with van der Waals surface area (Å²) in [5.41, 5.74) is -0.812. The molecule has 0 unspecified atom stereocenters. The molecule has 0 fully saturated rings. The molecule has 0 aliphatic heterocycles. The third-order valence-electron chi connectivity index (χ3n) is 3.44. The lowest BCUT2D eigenvalue weighted by atomic mass is 9.94. The normalized spacial score (nSPS) is 10.7. The minimum Gasteiger partial charge on any atom is -0.334 e. The Morgan fingerprint density at radius 2 is 2.05 bits per heavy atom. The zero-order valence-electron chi connectivity index (χ0n) is 11.8. The number of carbonyl (C=O) groups is 1. The molecule has 6 nitrogen and oxygen atoms in total. The van der Waals surface area contributed by atoms with Gasteiger partial charge in [-0.1, -0.05) is 26.0 Å². The molecule has 20 heavy (non-hydrogen) atoms. The number of nitrogens with zero attached hydrogens (tertiary/aromatic N) is 2. The number of rotatable bonds is 5. The van der Waals surface area contributed by atoms with Gasteiger partial charge < -0.3 is 5.32 Å². The number of benzene rings is 1. The fourth-order valence-corrected chi connectivity index (χ4v) is 1.98. The van der Waals surface area contributed by atoms with E-state index in [1.165, 1.54) is 6.07 Å². The Kier molecular flexibility index (Phi) is 4.81. The number of hydrogen-bond donors (Lipinski definition) is 1. The first-order chi connectivity index (χ1) is 9.40. The van der Waals surface area contributed by atoms with E-state index < -0.39 is 16.4 Å². The summed E-state index contributed by atoms with van der Waals surface area (Å²) in [6.45, 7) is 5.15. The number of nitro groups is 1. The summed E-state index contributed by atoms with van der Waals surface area (Å²) < 4.78 is 0. The third-order valence-corrected chi connectivity index (χ3v) is 3.44. The molecule has 0 aliphatic rings. The number of nitro benzene ring substituents is 1. The van der Waals surface area contributed by atoms with Gasteiger partial charge in [0.15, 0.2) is 0 Å². The van der Waals surface area contributed by atoms with Crippen LogP contribution in [0.15, 0.2) is 18.2 Å². The fraction of sp³-hybridized carbons (Fsp3) is 0.429. The van der Waals surface area contributed by atoms with Crippen LogP contribution in [0.25, 0.3) is 0 Å². The second-order valence-electron chi connectivity index (χ2n) is 4.58. The lowest BCUT2D eigenvalue weighted by molar-refractivity contribution is -0.385. The van der Waals surface area contributed by atoms with E-state index in [1.54, 1.807) is 32.9 Å². The lowest BCUT2D eigenvalue weighted by Gasteiger charge is -2.24. The first-order valence-corrected chi connectivity index (χ1v) is 6.38. The number of hydrogen-bond acceptors (Lipinski definition) is 4. The third kappa shape index (κ3) is 2.94.